The van der Waals surface area contributed by atoms with Crippen LogP contribution in [0.25, 0.3) is 0 Å². The van der Waals surface area contributed by atoms with E-state index in [-0.39, 0.29) is 16.6 Å². The normalized spacial score (nSPS) is 19.5. The monoisotopic (exact) mass is 327 g/mol. The molecule has 22 heavy (non-hydrogen) atoms. The van der Waals surface area contributed by atoms with Crippen LogP contribution in [0.1, 0.15) is 24.0 Å². The smallest absolute Gasteiger partial charge is 0.289 e. The largest absolute Gasteiger partial charge is 0.318 e. The minimum atomic E-state index is -3.87. The van der Waals surface area contributed by atoms with Crippen LogP contribution in [-0.2, 0) is 10.0 Å². The molecular formula is C14H21N3O4S. The molecule has 7 nitrogen and oxygen atoms in total. The van der Waals surface area contributed by atoms with Crippen LogP contribution in [0.15, 0.2) is 17.0 Å². The Kier molecular flexibility index (Phi) is 4.84. The molecule has 0 spiro atoms. The maximum atomic E-state index is 12.9. The van der Waals surface area contributed by atoms with E-state index in [0.717, 1.165) is 18.4 Å². The van der Waals surface area contributed by atoms with E-state index >= 15 is 0 Å². The summed E-state index contributed by atoms with van der Waals surface area (Å²) in [4.78, 5) is 10.4. The molecule has 122 valence electrons. The second-order valence-corrected chi connectivity index (χ2v) is 7.49. The van der Waals surface area contributed by atoms with E-state index in [4.69, 9.17) is 0 Å². The second-order valence-electron chi connectivity index (χ2n) is 5.63. The number of benzene rings is 1. The van der Waals surface area contributed by atoms with Crippen molar-refractivity contribution in [1.82, 2.24) is 9.62 Å². The fourth-order valence-electron chi connectivity index (χ4n) is 2.82. The summed E-state index contributed by atoms with van der Waals surface area (Å²) in [5.41, 5.74) is 1.09. The van der Waals surface area contributed by atoms with Crippen LogP contribution in [-0.4, -0.2) is 43.8 Å². The van der Waals surface area contributed by atoms with Gasteiger partial charge in [-0.3, -0.25) is 10.1 Å². The maximum Gasteiger partial charge on any atom is 0.289 e. The summed E-state index contributed by atoms with van der Waals surface area (Å²) in [6.07, 6.45) is 1.53. The molecule has 0 amide bonds. The molecule has 1 fully saturated rings. The van der Waals surface area contributed by atoms with Gasteiger partial charge in [-0.05, 0) is 50.9 Å². The summed E-state index contributed by atoms with van der Waals surface area (Å²) in [6, 6.07) is 2.60. The van der Waals surface area contributed by atoms with Gasteiger partial charge in [0.2, 0.25) is 10.0 Å². The molecule has 0 saturated carbocycles. The standard InChI is InChI=1S/C14H21N3O4S/c1-10-7-13(17(18)19)14(8-11(10)2)22(20,21)16-6-4-5-12(16)9-15-3/h7-8,12,15H,4-6,9H2,1-3H3. The minimum absolute atomic E-state index is 0.156. The van der Waals surface area contributed by atoms with Gasteiger partial charge in [0.1, 0.15) is 0 Å². The molecule has 1 heterocycles. The van der Waals surface area contributed by atoms with Gasteiger partial charge in [0.25, 0.3) is 5.69 Å². The summed E-state index contributed by atoms with van der Waals surface area (Å²) in [6.45, 7) is 4.43. The Morgan fingerprint density at radius 2 is 2.00 bits per heavy atom. The molecule has 0 bridgehead atoms. The van der Waals surface area contributed by atoms with Crippen LogP contribution >= 0.6 is 0 Å². The highest BCUT2D eigenvalue weighted by Gasteiger charge is 2.38. The summed E-state index contributed by atoms with van der Waals surface area (Å²) < 4.78 is 27.2. The Morgan fingerprint density at radius 1 is 1.36 bits per heavy atom. The number of nitro groups is 1. The zero-order valence-electron chi connectivity index (χ0n) is 13.0. The van der Waals surface area contributed by atoms with Crippen molar-refractivity contribution in [3.8, 4) is 0 Å². The molecule has 8 heteroatoms. The molecule has 0 aliphatic carbocycles. The maximum absolute atomic E-state index is 12.9. The summed E-state index contributed by atoms with van der Waals surface area (Å²) in [7, 11) is -2.11. The SMILES string of the molecule is CNCC1CCCN1S(=O)(=O)c1cc(C)c(C)cc1[N+](=O)[O-]. The number of nitrogens with zero attached hydrogens (tertiary/aromatic N) is 2. The van der Waals surface area contributed by atoms with Gasteiger partial charge in [-0.25, -0.2) is 8.42 Å². The van der Waals surface area contributed by atoms with Crippen molar-refractivity contribution in [2.24, 2.45) is 0 Å². The van der Waals surface area contributed by atoms with Crippen LogP contribution in [0.3, 0.4) is 0 Å². The number of nitrogens with one attached hydrogen (secondary N) is 1. The average molecular weight is 327 g/mol. The lowest BCUT2D eigenvalue weighted by Crippen LogP contribution is -2.41. The molecule has 2 rings (SSSR count). The van der Waals surface area contributed by atoms with E-state index < -0.39 is 14.9 Å². The van der Waals surface area contributed by atoms with Crippen LogP contribution in [0, 0.1) is 24.0 Å². The molecule has 1 saturated heterocycles. The van der Waals surface area contributed by atoms with Crippen molar-refractivity contribution < 1.29 is 13.3 Å². The molecule has 1 atom stereocenters. The van der Waals surface area contributed by atoms with Crippen molar-refractivity contribution >= 4 is 15.7 Å². The topological polar surface area (TPSA) is 92.6 Å². The van der Waals surface area contributed by atoms with Gasteiger partial charge in [-0.15, -0.1) is 0 Å². The molecular weight excluding hydrogens is 306 g/mol. The summed E-state index contributed by atoms with van der Waals surface area (Å²) in [5, 5.41) is 14.2. The second kappa shape index (κ2) is 6.31. The van der Waals surface area contributed by atoms with Crippen LogP contribution in [0.5, 0.6) is 0 Å². The van der Waals surface area contributed by atoms with E-state index in [1.54, 1.807) is 20.9 Å². The quantitative estimate of drug-likeness (QED) is 0.655. The van der Waals surface area contributed by atoms with Gasteiger partial charge in [-0.2, -0.15) is 4.31 Å². The lowest BCUT2D eigenvalue weighted by atomic mass is 10.1. The first kappa shape index (κ1) is 16.9. The highest BCUT2D eigenvalue weighted by atomic mass is 32.2. The van der Waals surface area contributed by atoms with Crippen molar-refractivity contribution in [3.05, 3.63) is 33.4 Å². The number of sulfonamides is 1. The van der Waals surface area contributed by atoms with Gasteiger partial charge in [-0.1, -0.05) is 0 Å². The highest BCUT2D eigenvalue weighted by Crippen LogP contribution is 2.33. The predicted molar refractivity (Wildman–Crippen MR) is 83.4 cm³/mol. The molecule has 1 aromatic carbocycles. The number of hydrogen-bond donors (Lipinski definition) is 1. The van der Waals surface area contributed by atoms with Gasteiger partial charge >= 0.3 is 0 Å². The van der Waals surface area contributed by atoms with Crippen molar-refractivity contribution in [2.75, 3.05) is 20.1 Å². The van der Waals surface area contributed by atoms with Crippen molar-refractivity contribution in [3.63, 3.8) is 0 Å². The molecule has 1 N–H and O–H groups in total. The van der Waals surface area contributed by atoms with E-state index in [1.807, 2.05) is 0 Å². The van der Waals surface area contributed by atoms with Gasteiger partial charge in [0, 0.05) is 25.2 Å². The molecule has 1 aliphatic rings. The Balaban J connectivity index is 2.54. The van der Waals surface area contributed by atoms with Crippen LogP contribution < -0.4 is 5.32 Å². The van der Waals surface area contributed by atoms with Gasteiger partial charge in [0.15, 0.2) is 4.90 Å². The summed E-state index contributed by atoms with van der Waals surface area (Å²) >= 11 is 0. The average Bonchev–Trinajstić information content (AvgIpc) is 2.90. The zero-order chi connectivity index (χ0) is 16.5. The lowest BCUT2D eigenvalue weighted by molar-refractivity contribution is -0.387. The zero-order valence-corrected chi connectivity index (χ0v) is 13.8. The van der Waals surface area contributed by atoms with Crippen molar-refractivity contribution in [1.29, 1.82) is 0 Å². The van der Waals surface area contributed by atoms with E-state index in [0.29, 0.717) is 18.7 Å². The molecule has 1 unspecified atom stereocenters. The number of nitro benzene ring substituents is 1. The Labute approximate surface area is 130 Å². The summed E-state index contributed by atoms with van der Waals surface area (Å²) in [5.74, 6) is 0. The van der Waals surface area contributed by atoms with Crippen molar-refractivity contribution in [2.45, 2.75) is 37.6 Å². The van der Waals surface area contributed by atoms with E-state index in [1.165, 1.54) is 16.4 Å². The minimum Gasteiger partial charge on any atom is -0.318 e. The predicted octanol–water partition coefficient (Wildman–Crippen LogP) is 1.58. The Hall–Kier alpha value is -1.51. The number of hydrogen-bond acceptors (Lipinski definition) is 5. The number of likely N-dealkylation sites (N-methyl/N-ethyl adjacent to an activating group) is 1. The molecule has 0 radical (unpaired) electrons. The number of aryl methyl sites for hydroxylation is 2. The van der Waals surface area contributed by atoms with E-state index in [2.05, 4.69) is 5.32 Å². The fourth-order valence-corrected chi connectivity index (χ4v) is 4.73. The first-order chi connectivity index (χ1) is 10.3. The molecule has 1 aromatic rings. The van der Waals surface area contributed by atoms with Crippen LogP contribution in [0.2, 0.25) is 0 Å². The van der Waals surface area contributed by atoms with E-state index in [9.17, 15) is 18.5 Å². The third-order valence-electron chi connectivity index (χ3n) is 4.12. The molecule has 0 aromatic heterocycles. The highest BCUT2D eigenvalue weighted by molar-refractivity contribution is 7.89. The Morgan fingerprint density at radius 3 is 2.59 bits per heavy atom. The third kappa shape index (κ3) is 2.99. The van der Waals surface area contributed by atoms with Gasteiger partial charge < -0.3 is 5.32 Å². The first-order valence-electron chi connectivity index (χ1n) is 7.21. The fraction of sp³-hybridized carbons (Fsp3) is 0.571. The third-order valence-corrected chi connectivity index (χ3v) is 6.10. The molecule has 1 aliphatic heterocycles. The van der Waals surface area contributed by atoms with Gasteiger partial charge in [0.05, 0.1) is 4.92 Å². The lowest BCUT2D eigenvalue weighted by Gasteiger charge is -2.24. The van der Waals surface area contributed by atoms with Crippen LogP contribution in [0.4, 0.5) is 5.69 Å². The Bertz CT molecular complexity index is 688. The first-order valence-corrected chi connectivity index (χ1v) is 8.65. The number of rotatable bonds is 5.